The number of Topliss-reactive ketones (excluding diaryl/α,β-unsaturated/α-hetero) is 1. The van der Waals surface area contributed by atoms with Crippen LogP contribution in [-0.4, -0.2) is 5.78 Å². The summed E-state index contributed by atoms with van der Waals surface area (Å²) in [7, 11) is 0. The van der Waals surface area contributed by atoms with Gasteiger partial charge < -0.3 is 4.42 Å². The van der Waals surface area contributed by atoms with Crippen molar-refractivity contribution >= 4 is 5.78 Å². The highest BCUT2D eigenvalue weighted by Gasteiger charge is 2.28. The molecule has 2 heteroatoms. The van der Waals surface area contributed by atoms with Gasteiger partial charge in [-0.05, 0) is 29.7 Å². The smallest absolute Gasteiger partial charge is 0.148 e. The van der Waals surface area contributed by atoms with Crippen molar-refractivity contribution in [3.8, 4) is 0 Å². The van der Waals surface area contributed by atoms with E-state index >= 15 is 0 Å². The molecule has 16 heavy (non-hydrogen) atoms. The Hall–Kier alpha value is -1.83. The fourth-order valence-corrected chi connectivity index (χ4v) is 2.32. The van der Waals surface area contributed by atoms with Crippen LogP contribution in [0, 0.1) is 0 Å². The van der Waals surface area contributed by atoms with Crippen molar-refractivity contribution in [2.75, 3.05) is 0 Å². The second-order valence-electron chi connectivity index (χ2n) is 4.18. The summed E-state index contributed by atoms with van der Waals surface area (Å²) in [6, 6.07) is 11.9. The first-order valence-electron chi connectivity index (χ1n) is 5.47. The number of hydrogen-bond acceptors (Lipinski definition) is 2. The van der Waals surface area contributed by atoms with E-state index in [0.717, 1.165) is 17.7 Å². The Morgan fingerprint density at radius 3 is 2.62 bits per heavy atom. The lowest BCUT2D eigenvalue weighted by atomic mass is 9.82. The van der Waals surface area contributed by atoms with E-state index in [0.29, 0.717) is 6.42 Å². The average molecular weight is 212 g/mol. The van der Waals surface area contributed by atoms with Crippen LogP contribution in [0.25, 0.3) is 0 Å². The van der Waals surface area contributed by atoms with Crippen LogP contribution in [0.5, 0.6) is 0 Å². The molecule has 1 aromatic heterocycles. The van der Waals surface area contributed by atoms with Crippen LogP contribution in [0.4, 0.5) is 0 Å². The Balaban J connectivity index is 1.98. The number of hydrogen-bond donors (Lipinski definition) is 0. The van der Waals surface area contributed by atoms with Crippen molar-refractivity contribution in [3.63, 3.8) is 0 Å². The molecule has 3 rings (SSSR count). The summed E-state index contributed by atoms with van der Waals surface area (Å²) in [5.41, 5.74) is 2.43. The molecule has 1 heterocycles. The maximum Gasteiger partial charge on any atom is 0.148 e. The highest BCUT2D eigenvalue weighted by Crippen LogP contribution is 2.30. The molecule has 0 fully saturated rings. The summed E-state index contributed by atoms with van der Waals surface area (Å²) in [5, 5.41) is 0. The summed E-state index contributed by atoms with van der Waals surface area (Å²) in [6.45, 7) is 0. The fourth-order valence-electron chi connectivity index (χ4n) is 2.32. The molecule has 1 unspecified atom stereocenters. The maximum absolute atomic E-state index is 12.0. The van der Waals surface area contributed by atoms with Gasteiger partial charge in [0.15, 0.2) is 0 Å². The van der Waals surface area contributed by atoms with E-state index in [2.05, 4.69) is 6.07 Å². The van der Waals surface area contributed by atoms with Crippen molar-refractivity contribution in [1.29, 1.82) is 0 Å². The highest BCUT2D eigenvalue weighted by atomic mass is 16.3. The molecule has 1 aromatic carbocycles. The third kappa shape index (κ3) is 1.47. The molecule has 0 N–H and O–H groups in total. The summed E-state index contributed by atoms with van der Waals surface area (Å²) in [6.07, 6.45) is 2.92. The first-order chi connectivity index (χ1) is 7.84. The summed E-state index contributed by atoms with van der Waals surface area (Å²) < 4.78 is 5.34. The zero-order chi connectivity index (χ0) is 11.0. The summed E-state index contributed by atoms with van der Waals surface area (Å²) in [5.74, 6) is 0.957. The summed E-state index contributed by atoms with van der Waals surface area (Å²) in [4.78, 5) is 12.0. The van der Waals surface area contributed by atoms with Crippen LogP contribution in [0.1, 0.15) is 22.8 Å². The number of fused-ring (bicyclic) bond motifs is 1. The molecule has 0 radical (unpaired) electrons. The van der Waals surface area contributed by atoms with Crippen molar-refractivity contribution < 1.29 is 9.21 Å². The van der Waals surface area contributed by atoms with Gasteiger partial charge in [0.25, 0.3) is 0 Å². The molecule has 0 bridgehead atoms. The van der Waals surface area contributed by atoms with Gasteiger partial charge in [0.2, 0.25) is 0 Å². The zero-order valence-corrected chi connectivity index (χ0v) is 8.85. The SMILES string of the molecule is O=C1Cc2ccccc2CC1c1ccco1. The molecule has 0 amide bonds. The lowest BCUT2D eigenvalue weighted by Crippen LogP contribution is -2.23. The normalized spacial score (nSPS) is 19.5. The maximum atomic E-state index is 12.0. The number of carbonyl (C=O) groups is 1. The topological polar surface area (TPSA) is 30.2 Å². The first kappa shape index (κ1) is 9.40. The number of rotatable bonds is 1. The van der Waals surface area contributed by atoms with Crippen LogP contribution < -0.4 is 0 Å². The zero-order valence-electron chi connectivity index (χ0n) is 8.85. The van der Waals surface area contributed by atoms with E-state index in [1.807, 2.05) is 30.3 Å². The first-order valence-corrected chi connectivity index (χ1v) is 5.47. The van der Waals surface area contributed by atoms with E-state index in [1.54, 1.807) is 6.26 Å². The minimum Gasteiger partial charge on any atom is -0.469 e. The Morgan fingerprint density at radius 2 is 1.88 bits per heavy atom. The Labute approximate surface area is 93.9 Å². The number of furan rings is 1. The van der Waals surface area contributed by atoms with Gasteiger partial charge in [0.1, 0.15) is 11.5 Å². The van der Waals surface area contributed by atoms with Crippen LogP contribution >= 0.6 is 0 Å². The van der Waals surface area contributed by atoms with Gasteiger partial charge in [-0.1, -0.05) is 24.3 Å². The number of carbonyl (C=O) groups excluding carboxylic acids is 1. The lowest BCUT2D eigenvalue weighted by Gasteiger charge is -2.21. The van der Waals surface area contributed by atoms with Crippen LogP contribution in [0.2, 0.25) is 0 Å². The Bertz CT molecular complexity index is 511. The average Bonchev–Trinajstić information content (AvgIpc) is 2.81. The minimum atomic E-state index is -0.0927. The fraction of sp³-hybridized carbons (Fsp3) is 0.214. The quantitative estimate of drug-likeness (QED) is 0.727. The van der Waals surface area contributed by atoms with E-state index in [4.69, 9.17) is 4.42 Å². The van der Waals surface area contributed by atoms with E-state index < -0.39 is 0 Å². The Kier molecular flexibility index (Phi) is 2.13. The molecule has 1 atom stereocenters. The molecule has 1 aliphatic rings. The number of ketones is 1. The van der Waals surface area contributed by atoms with Crippen LogP contribution in [0.3, 0.4) is 0 Å². The Morgan fingerprint density at radius 1 is 1.06 bits per heavy atom. The third-order valence-electron chi connectivity index (χ3n) is 3.18. The lowest BCUT2D eigenvalue weighted by molar-refractivity contribution is -0.120. The minimum absolute atomic E-state index is 0.0927. The molecular formula is C14H12O2. The van der Waals surface area contributed by atoms with Gasteiger partial charge in [-0.15, -0.1) is 0 Å². The molecule has 0 spiro atoms. The van der Waals surface area contributed by atoms with E-state index in [1.165, 1.54) is 5.56 Å². The van der Waals surface area contributed by atoms with Crippen LogP contribution in [-0.2, 0) is 17.6 Å². The van der Waals surface area contributed by atoms with Crippen LogP contribution in [0.15, 0.2) is 47.1 Å². The van der Waals surface area contributed by atoms with Crippen molar-refractivity contribution in [1.82, 2.24) is 0 Å². The van der Waals surface area contributed by atoms with Gasteiger partial charge in [-0.3, -0.25) is 4.79 Å². The molecule has 0 saturated heterocycles. The number of benzene rings is 1. The van der Waals surface area contributed by atoms with Gasteiger partial charge in [-0.25, -0.2) is 0 Å². The van der Waals surface area contributed by atoms with E-state index in [9.17, 15) is 4.79 Å². The predicted molar refractivity (Wildman–Crippen MR) is 60.3 cm³/mol. The van der Waals surface area contributed by atoms with Crippen molar-refractivity contribution in [2.24, 2.45) is 0 Å². The van der Waals surface area contributed by atoms with Gasteiger partial charge >= 0.3 is 0 Å². The molecule has 2 nitrogen and oxygen atoms in total. The second-order valence-corrected chi connectivity index (χ2v) is 4.18. The van der Waals surface area contributed by atoms with Crippen molar-refractivity contribution in [3.05, 3.63) is 59.5 Å². The van der Waals surface area contributed by atoms with E-state index in [-0.39, 0.29) is 11.7 Å². The molecule has 0 aliphatic heterocycles. The molecule has 1 aliphatic carbocycles. The highest BCUT2D eigenvalue weighted by molar-refractivity contribution is 5.89. The monoisotopic (exact) mass is 212 g/mol. The molecule has 2 aromatic rings. The van der Waals surface area contributed by atoms with Crippen molar-refractivity contribution in [2.45, 2.75) is 18.8 Å². The van der Waals surface area contributed by atoms with Gasteiger partial charge in [0, 0.05) is 6.42 Å². The standard InChI is InChI=1S/C14H12O2/c15-13-9-11-5-2-1-4-10(11)8-12(13)14-6-3-7-16-14/h1-7,12H,8-9H2. The molecule has 0 saturated carbocycles. The molecule has 80 valence electrons. The second kappa shape index (κ2) is 3.63. The predicted octanol–water partition coefficient (Wildman–Crippen LogP) is 2.73. The summed E-state index contributed by atoms with van der Waals surface area (Å²) >= 11 is 0. The van der Waals surface area contributed by atoms with Gasteiger partial charge in [-0.2, -0.15) is 0 Å². The third-order valence-corrected chi connectivity index (χ3v) is 3.18. The largest absolute Gasteiger partial charge is 0.469 e. The molecular weight excluding hydrogens is 200 g/mol. The van der Waals surface area contributed by atoms with Gasteiger partial charge in [0.05, 0.1) is 12.2 Å².